The van der Waals surface area contributed by atoms with Gasteiger partial charge in [0.1, 0.15) is 0 Å². The molecule has 1 N–H and O–H groups in total. The predicted octanol–water partition coefficient (Wildman–Crippen LogP) is 5.25. The first-order valence-electron chi connectivity index (χ1n) is 5.74. The van der Waals surface area contributed by atoms with Crippen LogP contribution in [-0.2, 0) is 6.54 Å². The average molecular weight is 310 g/mol. The molecule has 17 heavy (non-hydrogen) atoms. The largest absolute Gasteiger partial charge is 0.380 e. The second-order valence-electron chi connectivity index (χ2n) is 4.30. The van der Waals surface area contributed by atoms with Crippen LogP contribution < -0.4 is 5.32 Å². The molecule has 1 heterocycles. The number of hydrogen-bond acceptors (Lipinski definition) is 2. The summed E-state index contributed by atoms with van der Waals surface area (Å²) in [7, 11) is 0. The molecule has 90 valence electrons. The standard InChI is InChI=1S/C14H16BrNS/c1-10(2)12-5-3-4-6-13(12)16-9-11-7-8-14(15)17-11/h3-8,10,16H,9H2,1-2H3. The number of para-hydroxylation sites is 1. The van der Waals surface area contributed by atoms with Crippen molar-refractivity contribution in [3.8, 4) is 0 Å². The second kappa shape index (κ2) is 5.69. The summed E-state index contributed by atoms with van der Waals surface area (Å²) in [5.74, 6) is 0.550. The van der Waals surface area contributed by atoms with Gasteiger partial charge in [-0.15, -0.1) is 11.3 Å². The molecule has 0 radical (unpaired) electrons. The fourth-order valence-electron chi connectivity index (χ4n) is 1.79. The van der Waals surface area contributed by atoms with Gasteiger partial charge in [0.05, 0.1) is 3.79 Å². The highest BCUT2D eigenvalue weighted by Crippen LogP contribution is 2.26. The lowest BCUT2D eigenvalue weighted by Crippen LogP contribution is -2.01. The minimum Gasteiger partial charge on any atom is -0.380 e. The Kier molecular flexibility index (Phi) is 4.24. The molecule has 3 heteroatoms. The molecule has 0 amide bonds. The summed E-state index contributed by atoms with van der Waals surface area (Å²) in [5.41, 5.74) is 2.62. The van der Waals surface area contributed by atoms with Gasteiger partial charge in [0.2, 0.25) is 0 Å². The third-order valence-electron chi connectivity index (χ3n) is 2.66. The van der Waals surface area contributed by atoms with E-state index in [9.17, 15) is 0 Å². The number of nitrogens with one attached hydrogen (secondary N) is 1. The molecule has 0 aliphatic rings. The Hall–Kier alpha value is -0.800. The zero-order valence-corrected chi connectivity index (χ0v) is 12.4. The van der Waals surface area contributed by atoms with Gasteiger partial charge in [-0.1, -0.05) is 32.0 Å². The van der Waals surface area contributed by atoms with Gasteiger partial charge < -0.3 is 5.32 Å². The maximum atomic E-state index is 3.51. The van der Waals surface area contributed by atoms with E-state index in [1.165, 1.54) is 19.9 Å². The second-order valence-corrected chi connectivity index (χ2v) is 6.85. The molecule has 0 aliphatic heterocycles. The van der Waals surface area contributed by atoms with Crippen LogP contribution in [0.1, 0.15) is 30.2 Å². The smallest absolute Gasteiger partial charge is 0.0702 e. The maximum absolute atomic E-state index is 3.51. The topological polar surface area (TPSA) is 12.0 Å². The first-order chi connectivity index (χ1) is 8.16. The van der Waals surface area contributed by atoms with Gasteiger partial charge in [-0.05, 0) is 45.6 Å². The quantitative estimate of drug-likeness (QED) is 0.813. The normalized spacial score (nSPS) is 10.8. The number of benzene rings is 1. The van der Waals surface area contributed by atoms with Gasteiger partial charge in [-0.25, -0.2) is 0 Å². The highest BCUT2D eigenvalue weighted by Gasteiger charge is 2.05. The van der Waals surface area contributed by atoms with Gasteiger partial charge >= 0.3 is 0 Å². The van der Waals surface area contributed by atoms with Crippen molar-refractivity contribution in [1.82, 2.24) is 0 Å². The number of anilines is 1. The summed E-state index contributed by atoms with van der Waals surface area (Å²) in [6.07, 6.45) is 0. The Labute approximate surface area is 115 Å². The van der Waals surface area contributed by atoms with Crippen LogP contribution in [0.4, 0.5) is 5.69 Å². The molecule has 0 unspecified atom stereocenters. The Balaban J connectivity index is 2.08. The zero-order valence-electron chi connectivity index (χ0n) is 10.0. The van der Waals surface area contributed by atoms with Crippen LogP contribution in [0.25, 0.3) is 0 Å². The third kappa shape index (κ3) is 3.33. The Morgan fingerprint density at radius 1 is 1.18 bits per heavy atom. The molecule has 0 fully saturated rings. The summed E-state index contributed by atoms with van der Waals surface area (Å²) in [5, 5.41) is 3.51. The maximum Gasteiger partial charge on any atom is 0.0702 e. The van der Waals surface area contributed by atoms with E-state index in [1.807, 2.05) is 0 Å². The fraction of sp³-hybridized carbons (Fsp3) is 0.286. The highest BCUT2D eigenvalue weighted by atomic mass is 79.9. The van der Waals surface area contributed by atoms with Crippen molar-refractivity contribution in [2.45, 2.75) is 26.3 Å². The van der Waals surface area contributed by atoms with Crippen molar-refractivity contribution < 1.29 is 0 Å². The molecule has 0 aliphatic carbocycles. The molecule has 1 aromatic heterocycles. The minimum atomic E-state index is 0.550. The number of thiophene rings is 1. The van der Waals surface area contributed by atoms with Crippen LogP contribution >= 0.6 is 27.3 Å². The zero-order chi connectivity index (χ0) is 12.3. The van der Waals surface area contributed by atoms with Crippen molar-refractivity contribution in [3.05, 3.63) is 50.6 Å². The summed E-state index contributed by atoms with van der Waals surface area (Å²) in [6, 6.07) is 12.8. The summed E-state index contributed by atoms with van der Waals surface area (Å²) in [4.78, 5) is 1.34. The van der Waals surface area contributed by atoms with Crippen molar-refractivity contribution in [2.24, 2.45) is 0 Å². The van der Waals surface area contributed by atoms with Crippen LogP contribution in [0.15, 0.2) is 40.2 Å². The van der Waals surface area contributed by atoms with E-state index in [0.29, 0.717) is 5.92 Å². The van der Waals surface area contributed by atoms with E-state index < -0.39 is 0 Å². The predicted molar refractivity (Wildman–Crippen MR) is 79.9 cm³/mol. The molecule has 2 aromatic rings. The molecule has 0 bridgehead atoms. The van der Waals surface area contributed by atoms with E-state index in [2.05, 4.69) is 71.5 Å². The lowest BCUT2D eigenvalue weighted by Gasteiger charge is -2.13. The lowest BCUT2D eigenvalue weighted by atomic mass is 10.0. The van der Waals surface area contributed by atoms with Crippen LogP contribution in [0.3, 0.4) is 0 Å². The lowest BCUT2D eigenvalue weighted by molar-refractivity contribution is 0.866. The number of halogens is 1. The first-order valence-corrected chi connectivity index (χ1v) is 7.35. The van der Waals surface area contributed by atoms with Crippen molar-refractivity contribution in [1.29, 1.82) is 0 Å². The van der Waals surface area contributed by atoms with E-state index in [-0.39, 0.29) is 0 Å². The van der Waals surface area contributed by atoms with E-state index in [4.69, 9.17) is 0 Å². The van der Waals surface area contributed by atoms with Crippen molar-refractivity contribution in [2.75, 3.05) is 5.32 Å². The molecule has 0 spiro atoms. The van der Waals surface area contributed by atoms with E-state index in [0.717, 1.165) is 6.54 Å². The monoisotopic (exact) mass is 309 g/mol. The third-order valence-corrected chi connectivity index (χ3v) is 4.29. The highest BCUT2D eigenvalue weighted by molar-refractivity contribution is 9.11. The Morgan fingerprint density at radius 3 is 2.59 bits per heavy atom. The fourth-order valence-corrected chi connectivity index (χ4v) is 3.21. The molecule has 2 rings (SSSR count). The van der Waals surface area contributed by atoms with Crippen LogP contribution in [0.5, 0.6) is 0 Å². The SMILES string of the molecule is CC(C)c1ccccc1NCc1ccc(Br)s1. The molecule has 0 atom stereocenters. The molecule has 0 saturated heterocycles. The number of rotatable bonds is 4. The molecule has 0 saturated carbocycles. The summed E-state index contributed by atoms with van der Waals surface area (Å²) >= 11 is 5.26. The van der Waals surface area contributed by atoms with E-state index in [1.54, 1.807) is 11.3 Å². The number of hydrogen-bond donors (Lipinski definition) is 1. The summed E-state index contributed by atoms with van der Waals surface area (Å²) in [6.45, 7) is 5.34. The summed E-state index contributed by atoms with van der Waals surface area (Å²) < 4.78 is 1.19. The average Bonchev–Trinajstić information content (AvgIpc) is 2.73. The van der Waals surface area contributed by atoms with E-state index >= 15 is 0 Å². The van der Waals surface area contributed by atoms with Gasteiger partial charge in [0.15, 0.2) is 0 Å². The Bertz CT molecular complexity index is 490. The van der Waals surface area contributed by atoms with Crippen LogP contribution in [0, 0.1) is 0 Å². The molecular weight excluding hydrogens is 294 g/mol. The molecular formula is C14H16BrNS. The first kappa shape index (κ1) is 12.7. The molecule has 1 aromatic carbocycles. The van der Waals surface area contributed by atoms with Gasteiger partial charge in [0.25, 0.3) is 0 Å². The van der Waals surface area contributed by atoms with Crippen LogP contribution in [-0.4, -0.2) is 0 Å². The van der Waals surface area contributed by atoms with Gasteiger partial charge in [0, 0.05) is 17.1 Å². The van der Waals surface area contributed by atoms with Gasteiger partial charge in [-0.2, -0.15) is 0 Å². The van der Waals surface area contributed by atoms with Crippen molar-refractivity contribution >= 4 is 33.0 Å². The molecule has 1 nitrogen and oxygen atoms in total. The minimum absolute atomic E-state index is 0.550. The Morgan fingerprint density at radius 2 is 1.94 bits per heavy atom. The van der Waals surface area contributed by atoms with Crippen molar-refractivity contribution in [3.63, 3.8) is 0 Å². The van der Waals surface area contributed by atoms with Gasteiger partial charge in [-0.3, -0.25) is 0 Å². The van der Waals surface area contributed by atoms with Crippen LogP contribution in [0.2, 0.25) is 0 Å².